The predicted molar refractivity (Wildman–Crippen MR) is 96.4 cm³/mol. The van der Waals surface area contributed by atoms with E-state index in [1.807, 2.05) is 31.2 Å². The van der Waals surface area contributed by atoms with Crippen molar-refractivity contribution in [3.8, 4) is 0 Å². The second-order valence-corrected chi connectivity index (χ2v) is 8.42. The summed E-state index contributed by atoms with van der Waals surface area (Å²) in [5, 5.41) is 0. The first kappa shape index (κ1) is 16.8. The summed E-state index contributed by atoms with van der Waals surface area (Å²) in [6, 6.07) is 13.6. The molecule has 2 aromatic carbocycles. The zero-order valence-corrected chi connectivity index (χ0v) is 15.1. The number of hydrogen-bond acceptors (Lipinski definition) is 4. The lowest BCUT2D eigenvalue weighted by Gasteiger charge is -2.36. The number of anilines is 1. The molecule has 7 heteroatoms. The van der Waals surface area contributed by atoms with Crippen LogP contribution < -0.4 is 4.90 Å². The number of fused-ring (bicyclic) bond motifs is 2. The van der Waals surface area contributed by atoms with Gasteiger partial charge in [-0.15, -0.1) is 0 Å². The minimum Gasteiger partial charge on any atom is -0.308 e. The Labute approximate surface area is 152 Å². The van der Waals surface area contributed by atoms with Crippen molar-refractivity contribution in [1.82, 2.24) is 4.31 Å². The zero-order valence-electron chi connectivity index (χ0n) is 14.3. The highest BCUT2D eigenvalue weighted by Crippen LogP contribution is 2.33. The van der Waals surface area contributed by atoms with Crippen LogP contribution >= 0.6 is 0 Å². The highest BCUT2D eigenvalue weighted by molar-refractivity contribution is 7.90. The largest absolute Gasteiger partial charge is 0.308 e. The number of amides is 2. The Morgan fingerprint density at radius 2 is 1.81 bits per heavy atom. The molecule has 1 unspecified atom stereocenters. The Hall–Kier alpha value is -2.67. The number of sulfonamides is 1. The lowest BCUT2D eigenvalue weighted by Crippen LogP contribution is -2.48. The van der Waals surface area contributed by atoms with Gasteiger partial charge in [0.2, 0.25) is 5.91 Å². The molecule has 2 aliphatic heterocycles. The first-order valence-corrected chi connectivity index (χ1v) is 9.91. The number of benzene rings is 2. The molecule has 6 nitrogen and oxygen atoms in total. The molecule has 0 bridgehead atoms. The first-order chi connectivity index (χ1) is 12.4. The van der Waals surface area contributed by atoms with E-state index in [0.717, 1.165) is 24.1 Å². The molecule has 2 aliphatic rings. The number of para-hydroxylation sites is 1. The van der Waals surface area contributed by atoms with Crippen LogP contribution in [0.5, 0.6) is 0 Å². The van der Waals surface area contributed by atoms with E-state index < -0.39 is 28.4 Å². The van der Waals surface area contributed by atoms with E-state index >= 15 is 0 Å². The van der Waals surface area contributed by atoms with Gasteiger partial charge in [-0.3, -0.25) is 9.59 Å². The van der Waals surface area contributed by atoms with Gasteiger partial charge in [-0.05, 0) is 43.5 Å². The molecule has 0 saturated heterocycles. The summed E-state index contributed by atoms with van der Waals surface area (Å²) < 4.78 is 26.0. The topological polar surface area (TPSA) is 74.8 Å². The van der Waals surface area contributed by atoms with Crippen LogP contribution in [0.2, 0.25) is 0 Å². The number of aryl methyl sites for hydroxylation is 1. The quantitative estimate of drug-likeness (QED) is 0.812. The van der Waals surface area contributed by atoms with Gasteiger partial charge in [-0.2, -0.15) is 0 Å². The van der Waals surface area contributed by atoms with Crippen LogP contribution in [0.15, 0.2) is 53.4 Å². The average molecular weight is 370 g/mol. The van der Waals surface area contributed by atoms with Crippen molar-refractivity contribution in [3.63, 3.8) is 0 Å². The number of carbonyl (C=O) groups is 2. The van der Waals surface area contributed by atoms with Crippen molar-refractivity contribution in [3.05, 3.63) is 59.7 Å². The average Bonchev–Trinajstić information content (AvgIpc) is 2.83. The van der Waals surface area contributed by atoms with Crippen LogP contribution in [0.3, 0.4) is 0 Å². The summed E-state index contributed by atoms with van der Waals surface area (Å²) in [5.74, 6) is -1.04. The van der Waals surface area contributed by atoms with Crippen LogP contribution in [0, 0.1) is 0 Å². The Balaban J connectivity index is 1.67. The molecule has 0 spiro atoms. The molecule has 0 saturated carbocycles. The van der Waals surface area contributed by atoms with Gasteiger partial charge < -0.3 is 4.90 Å². The second-order valence-electron chi connectivity index (χ2n) is 6.59. The zero-order chi connectivity index (χ0) is 18.5. The Kier molecular flexibility index (Phi) is 3.84. The minimum absolute atomic E-state index is 0.0371. The van der Waals surface area contributed by atoms with Gasteiger partial charge in [0.15, 0.2) is 0 Å². The molecule has 0 N–H and O–H groups in total. The molecule has 0 aromatic heterocycles. The van der Waals surface area contributed by atoms with Gasteiger partial charge in [0.05, 0.1) is 5.56 Å². The predicted octanol–water partition coefficient (Wildman–Crippen LogP) is 2.20. The van der Waals surface area contributed by atoms with E-state index in [2.05, 4.69) is 0 Å². The van der Waals surface area contributed by atoms with Gasteiger partial charge in [-0.1, -0.05) is 30.3 Å². The molecular weight excluding hydrogens is 352 g/mol. The third-order valence-electron chi connectivity index (χ3n) is 4.98. The Bertz CT molecular complexity index is 1020. The van der Waals surface area contributed by atoms with Gasteiger partial charge >= 0.3 is 0 Å². The molecule has 26 heavy (non-hydrogen) atoms. The van der Waals surface area contributed by atoms with E-state index in [9.17, 15) is 18.0 Å². The normalized spacial score (nSPS) is 20.7. The van der Waals surface area contributed by atoms with Crippen molar-refractivity contribution in [1.29, 1.82) is 0 Å². The smallest absolute Gasteiger partial charge is 0.269 e. The summed E-state index contributed by atoms with van der Waals surface area (Å²) in [6.45, 7) is 1.44. The summed E-state index contributed by atoms with van der Waals surface area (Å²) in [5.41, 5.74) is 1.96. The molecule has 134 valence electrons. The maximum atomic E-state index is 13.0. The summed E-state index contributed by atoms with van der Waals surface area (Å²) in [6.07, 6.45) is 1.66. The van der Waals surface area contributed by atoms with E-state index in [4.69, 9.17) is 0 Å². The molecule has 2 aromatic rings. The van der Waals surface area contributed by atoms with Gasteiger partial charge in [0.25, 0.3) is 15.9 Å². The maximum absolute atomic E-state index is 13.0. The molecule has 0 fully saturated rings. The van der Waals surface area contributed by atoms with Crippen LogP contribution in [-0.4, -0.2) is 37.1 Å². The van der Waals surface area contributed by atoms with Crippen molar-refractivity contribution < 1.29 is 18.0 Å². The van der Waals surface area contributed by atoms with E-state index in [1.165, 1.54) is 12.1 Å². The standard InChI is InChI=1S/C19H18N2O4S/c1-13-10-11-14-6-2-4-8-16(14)21(13)18(22)12-20-19(23)15-7-3-5-9-17(15)26(20,24)25/h2-9,13H,10-12H2,1H3. The fourth-order valence-corrected chi connectivity index (χ4v) is 5.17. The fourth-order valence-electron chi connectivity index (χ4n) is 3.65. The van der Waals surface area contributed by atoms with Crippen molar-refractivity contribution in [2.45, 2.75) is 30.7 Å². The molecule has 2 heterocycles. The molecule has 0 radical (unpaired) electrons. The monoisotopic (exact) mass is 370 g/mol. The van der Waals surface area contributed by atoms with E-state index in [-0.39, 0.29) is 16.5 Å². The number of rotatable bonds is 2. The van der Waals surface area contributed by atoms with Gasteiger partial charge in [0.1, 0.15) is 11.4 Å². The molecule has 0 aliphatic carbocycles. The molecule has 1 atom stereocenters. The van der Waals surface area contributed by atoms with Crippen LogP contribution in [0.25, 0.3) is 0 Å². The third-order valence-corrected chi connectivity index (χ3v) is 6.77. The molecule has 4 rings (SSSR count). The SMILES string of the molecule is CC1CCc2ccccc2N1C(=O)CN1C(=O)c2ccccc2S1(=O)=O. The Morgan fingerprint density at radius 1 is 1.12 bits per heavy atom. The van der Waals surface area contributed by atoms with Crippen molar-refractivity contribution in [2.75, 3.05) is 11.4 Å². The van der Waals surface area contributed by atoms with E-state index in [1.54, 1.807) is 17.0 Å². The second kappa shape index (κ2) is 5.95. The van der Waals surface area contributed by atoms with Crippen LogP contribution in [0.4, 0.5) is 5.69 Å². The lowest BCUT2D eigenvalue weighted by molar-refractivity contribution is -0.119. The molecular formula is C19H18N2O4S. The Morgan fingerprint density at radius 3 is 2.58 bits per heavy atom. The third kappa shape index (κ3) is 2.42. The summed E-state index contributed by atoms with van der Waals surface area (Å²) >= 11 is 0. The fraction of sp³-hybridized carbons (Fsp3) is 0.263. The lowest BCUT2D eigenvalue weighted by atomic mass is 9.96. The van der Waals surface area contributed by atoms with Gasteiger partial charge in [-0.25, -0.2) is 12.7 Å². The highest BCUT2D eigenvalue weighted by atomic mass is 32.2. The highest BCUT2D eigenvalue weighted by Gasteiger charge is 2.43. The number of nitrogens with zero attached hydrogens (tertiary/aromatic N) is 2. The van der Waals surface area contributed by atoms with Crippen LogP contribution in [-0.2, 0) is 21.2 Å². The van der Waals surface area contributed by atoms with Gasteiger partial charge in [0, 0.05) is 11.7 Å². The number of carbonyl (C=O) groups excluding carboxylic acids is 2. The maximum Gasteiger partial charge on any atom is 0.269 e. The van der Waals surface area contributed by atoms with Crippen LogP contribution in [0.1, 0.15) is 29.3 Å². The number of hydrogen-bond donors (Lipinski definition) is 0. The summed E-state index contributed by atoms with van der Waals surface area (Å²) in [4.78, 5) is 27.1. The summed E-state index contributed by atoms with van der Waals surface area (Å²) in [7, 11) is -3.99. The van der Waals surface area contributed by atoms with Crippen molar-refractivity contribution >= 4 is 27.5 Å². The van der Waals surface area contributed by atoms with E-state index in [0.29, 0.717) is 4.31 Å². The molecule has 2 amide bonds. The van der Waals surface area contributed by atoms with Crippen molar-refractivity contribution in [2.24, 2.45) is 0 Å². The first-order valence-electron chi connectivity index (χ1n) is 8.47. The minimum atomic E-state index is -3.99.